The number of carbonyl (C=O) groups excluding carboxylic acids is 1. The van der Waals surface area contributed by atoms with Gasteiger partial charge in [-0.15, -0.1) is 0 Å². The molecule has 0 aromatic rings. The molecule has 0 spiro atoms. The Balaban J connectivity index is 2.08. The highest BCUT2D eigenvalue weighted by Crippen LogP contribution is 2.40. The van der Waals surface area contributed by atoms with Gasteiger partial charge in [0.2, 0.25) is 0 Å². The summed E-state index contributed by atoms with van der Waals surface area (Å²) in [5.74, 6) is 0.0358. The van der Waals surface area contributed by atoms with Crippen LogP contribution in [-0.2, 0) is 14.3 Å². The predicted octanol–water partition coefficient (Wildman–Crippen LogP) is 1.16. The molecule has 0 radical (unpaired) electrons. The van der Waals surface area contributed by atoms with E-state index in [0.29, 0.717) is 19.2 Å². The molecule has 1 saturated carbocycles. The first kappa shape index (κ1) is 15.7. The number of ether oxygens (including phenoxy) is 2. The zero-order valence-corrected chi connectivity index (χ0v) is 12.9. The third kappa shape index (κ3) is 3.32. The summed E-state index contributed by atoms with van der Waals surface area (Å²) in [6, 6.07) is 0.349. The normalized spacial score (nSPS) is 30.8. The van der Waals surface area contributed by atoms with Gasteiger partial charge in [-0.2, -0.15) is 0 Å². The van der Waals surface area contributed by atoms with Gasteiger partial charge >= 0.3 is 5.97 Å². The Hall–Kier alpha value is -0.650. The third-order valence-electron chi connectivity index (χ3n) is 4.48. The predicted molar refractivity (Wildman–Crippen MR) is 77.3 cm³/mol. The quantitative estimate of drug-likeness (QED) is 0.741. The molecule has 1 aliphatic heterocycles. The summed E-state index contributed by atoms with van der Waals surface area (Å²) in [5, 5.41) is 0. The average molecular weight is 284 g/mol. The smallest absolute Gasteiger partial charge is 0.327 e. The lowest BCUT2D eigenvalue weighted by Crippen LogP contribution is -2.62. The van der Waals surface area contributed by atoms with Crippen molar-refractivity contribution in [2.75, 3.05) is 26.3 Å². The summed E-state index contributed by atoms with van der Waals surface area (Å²) in [6.45, 7) is 8.58. The molecule has 3 unspecified atom stereocenters. The van der Waals surface area contributed by atoms with Crippen LogP contribution in [0.3, 0.4) is 0 Å². The van der Waals surface area contributed by atoms with Gasteiger partial charge in [-0.1, -0.05) is 6.92 Å². The Bertz CT molecular complexity index is 346. The summed E-state index contributed by atoms with van der Waals surface area (Å²) >= 11 is 0. The van der Waals surface area contributed by atoms with Crippen molar-refractivity contribution < 1.29 is 14.3 Å². The molecule has 0 bridgehead atoms. The SMILES string of the molecule is CCOC(=O)C(N)(CN1CC(C)OCC1CC)C1CC1. The number of morpholine rings is 1. The van der Waals surface area contributed by atoms with E-state index in [4.69, 9.17) is 15.2 Å². The van der Waals surface area contributed by atoms with Crippen molar-refractivity contribution in [3.05, 3.63) is 0 Å². The maximum atomic E-state index is 12.3. The van der Waals surface area contributed by atoms with Gasteiger partial charge in [-0.05, 0) is 39.0 Å². The van der Waals surface area contributed by atoms with Gasteiger partial charge in [-0.3, -0.25) is 4.90 Å². The lowest BCUT2D eigenvalue weighted by Gasteiger charge is -2.42. The van der Waals surface area contributed by atoms with E-state index < -0.39 is 5.54 Å². The minimum atomic E-state index is -0.847. The summed E-state index contributed by atoms with van der Waals surface area (Å²) in [7, 11) is 0. The number of esters is 1. The molecule has 2 aliphatic rings. The monoisotopic (exact) mass is 284 g/mol. The van der Waals surface area contributed by atoms with Crippen molar-refractivity contribution in [3.63, 3.8) is 0 Å². The first-order chi connectivity index (χ1) is 9.51. The molecule has 2 N–H and O–H groups in total. The Morgan fingerprint density at radius 3 is 2.70 bits per heavy atom. The number of hydrogen-bond acceptors (Lipinski definition) is 5. The molecule has 1 aliphatic carbocycles. The highest BCUT2D eigenvalue weighted by atomic mass is 16.5. The van der Waals surface area contributed by atoms with Crippen LogP contribution in [0, 0.1) is 5.92 Å². The van der Waals surface area contributed by atoms with Gasteiger partial charge < -0.3 is 15.2 Å². The molecular formula is C15H28N2O3. The highest BCUT2D eigenvalue weighted by Gasteiger charge is 2.51. The summed E-state index contributed by atoms with van der Waals surface area (Å²) in [5.41, 5.74) is 5.62. The molecule has 1 saturated heterocycles. The van der Waals surface area contributed by atoms with Crippen molar-refractivity contribution in [2.24, 2.45) is 11.7 Å². The number of hydrogen-bond donors (Lipinski definition) is 1. The van der Waals surface area contributed by atoms with Crippen molar-refractivity contribution in [2.45, 2.75) is 57.7 Å². The van der Waals surface area contributed by atoms with Crippen LogP contribution in [0.1, 0.15) is 40.0 Å². The van der Waals surface area contributed by atoms with Gasteiger partial charge in [0, 0.05) is 19.1 Å². The van der Waals surface area contributed by atoms with E-state index in [2.05, 4.69) is 18.7 Å². The second kappa shape index (κ2) is 6.41. The molecule has 116 valence electrons. The first-order valence-corrected chi connectivity index (χ1v) is 7.83. The zero-order chi connectivity index (χ0) is 14.8. The topological polar surface area (TPSA) is 64.8 Å². The maximum absolute atomic E-state index is 12.3. The van der Waals surface area contributed by atoms with Crippen LogP contribution < -0.4 is 5.73 Å². The van der Waals surface area contributed by atoms with E-state index in [1.54, 1.807) is 0 Å². The lowest BCUT2D eigenvalue weighted by molar-refractivity contribution is -0.153. The molecule has 5 heteroatoms. The standard InChI is InChI=1S/C15H28N2O3/c1-4-13-9-20-11(3)8-17(13)10-15(16,12-6-7-12)14(18)19-5-2/h11-13H,4-10,16H2,1-3H3. The zero-order valence-electron chi connectivity index (χ0n) is 12.9. The molecule has 5 nitrogen and oxygen atoms in total. The molecule has 2 fully saturated rings. The molecule has 3 atom stereocenters. The van der Waals surface area contributed by atoms with Crippen LogP contribution in [-0.4, -0.2) is 54.9 Å². The van der Waals surface area contributed by atoms with Crippen LogP contribution in [0.4, 0.5) is 0 Å². The Labute approximate surface area is 121 Å². The van der Waals surface area contributed by atoms with Crippen LogP contribution in [0.15, 0.2) is 0 Å². The number of rotatable bonds is 6. The summed E-state index contributed by atoms with van der Waals surface area (Å²) in [6.07, 6.45) is 3.28. The summed E-state index contributed by atoms with van der Waals surface area (Å²) < 4.78 is 10.9. The van der Waals surface area contributed by atoms with E-state index in [1.807, 2.05) is 6.92 Å². The van der Waals surface area contributed by atoms with E-state index in [1.165, 1.54) is 0 Å². The van der Waals surface area contributed by atoms with Crippen LogP contribution in [0.5, 0.6) is 0 Å². The first-order valence-electron chi connectivity index (χ1n) is 7.83. The molecule has 20 heavy (non-hydrogen) atoms. The average Bonchev–Trinajstić information content (AvgIpc) is 3.23. The fourth-order valence-corrected chi connectivity index (χ4v) is 3.04. The largest absolute Gasteiger partial charge is 0.465 e. The number of nitrogens with two attached hydrogens (primary N) is 1. The lowest BCUT2D eigenvalue weighted by atomic mass is 9.92. The van der Waals surface area contributed by atoms with E-state index in [9.17, 15) is 4.79 Å². The van der Waals surface area contributed by atoms with Crippen molar-refractivity contribution in [1.82, 2.24) is 4.90 Å². The number of carbonyl (C=O) groups is 1. The molecule has 1 heterocycles. The number of nitrogens with zero attached hydrogens (tertiary/aromatic N) is 1. The fraction of sp³-hybridized carbons (Fsp3) is 0.933. The van der Waals surface area contributed by atoms with E-state index in [0.717, 1.165) is 32.4 Å². The van der Waals surface area contributed by atoms with Gasteiger partial charge in [-0.25, -0.2) is 4.79 Å². The van der Waals surface area contributed by atoms with Crippen LogP contribution in [0.25, 0.3) is 0 Å². The molecular weight excluding hydrogens is 256 g/mol. The molecule has 0 aromatic carbocycles. The second-order valence-corrected chi connectivity index (χ2v) is 6.17. The highest BCUT2D eigenvalue weighted by molar-refractivity contribution is 5.82. The molecule has 0 amide bonds. The minimum Gasteiger partial charge on any atom is -0.465 e. The van der Waals surface area contributed by atoms with Crippen molar-refractivity contribution >= 4 is 5.97 Å². The third-order valence-corrected chi connectivity index (χ3v) is 4.48. The Morgan fingerprint density at radius 2 is 2.15 bits per heavy atom. The Morgan fingerprint density at radius 1 is 1.45 bits per heavy atom. The maximum Gasteiger partial charge on any atom is 0.327 e. The second-order valence-electron chi connectivity index (χ2n) is 6.17. The van der Waals surface area contributed by atoms with Gasteiger partial charge in [0.1, 0.15) is 5.54 Å². The van der Waals surface area contributed by atoms with Gasteiger partial charge in [0.25, 0.3) is 0 Å². The van der Waals surface area contributed by atoms with E-state index in [-0.39, 0.29) is 18.0 Å². The minimum absolute atomic E-state index is 0.198. The molecule has 0 aromatic heterocycles. The van der Waals surface area contributed by atoms with Crippen molar-refractivity contribution in [3.8, 4) is 0 Å². The van der Waals surface area contributed by atoms with E-state index >= 15 is 0 Å². The summed E-state index contributed by atoms with van der Waals surface area (Å²) in [4.78, 5) is 14.6. The fourth-order valence-electron chi connectivity index (χ4n) is 3.04. The van der Waals surface area contributed by atoms with Crippen LogP contribution in [0.2, 0.25) is 0 Å². The van der Waals surface area contributed by atoms with Gasteiger partial charge in [0.05, 0.1) is 19.3 Å². The van der Waals surface area contributed by atoms with Crippen LogP contribution >= 0.6 is 0 Å². The van der Waals surface area contributed by atoms with Gasteiger partial charge in [0.15, 0.2) is 0 Å². The van der Waals surface area contributed by atoms with Crippen molar-refractivity contribution in [1.29, 1.82) is 0 Å². The molecule has 2 rings (SSSR count). The Kier molecular flexibility index (Phi) is 5.04.